The van der Waals surface area contributed by atoms with E-state index in [-0.39, 0.29) is 17.5 Å². The van der Waals surface area contributed by atoms with Gasteiger partial charge < -0.3 is 21.8 Å². The molecule has 25 heavy (non-hydrogen) atoms. The number of imidazole rings is 1. The summed E-state index contributed by atoms with van der Waals surface area (Å²) in [5.41, 5.74) is 13.5. The summed E-state index contributed by atoms with van der Waals surface area (Å²) in [6, 6.07) is 11.8. The van der Waals surface area contributed by atoms with Gasteiger partial charge in [-0.1, -0.05) is 25.1 Å². The van der Waals surface area contributed by atoms with Crippen LogP contribution in [0.5, 0.6) is 0 Å². The highest BCUT2D eigenvalue weighted by Gasteiger charge is 2.11. The van der Waals surface area contributed by atoms with Crippen molar-refractivity contribution in [2.75, 3.05) is 19.6 Å². The van der Waals surface area contributed by atoms with E-state index in [4.69, 9.17) is 11.5 Å². The number of nitrogens with one attached hydrogen (secondary N) is 2. The molecule has 132 valence electrons. The summed E-state index contributed by atoms with van der Waals surface area (Å²) in [6.07, 6.45) is 0. The van der Waals surface area contributed by atoms with Gasteiger partial charge in [0.05, 0.1) is 11.0 Å². The molecule has 0 unspecified atom stereocenters. The Bertz CT molecular complexity index is 829. The number of H-pyrrole nitrogens is 1. The molecule has 6 N–H and O–H groups in total. The molecule has 1 heterocycles. The zero-order valence-corrected chi connectivity index (χ0v) is 14.1. The Labute approximate surface area is 145 Å². The standard InChI is InChI=1S/C16H15FN4O.C2H7N/c17-12-4-1-10(2-5-12)11-3-6-13-14(9-11)21-15(20-13)16(22)19-8-7-18;1-2-3/h1-6,9H,7-8,18H2,(H,19,22)(H,20,21);2-3H2,1H3. The minimum absolute atomic E-state index is 0.250. The number of halogens is 1. The lowest BCUT2D eigenvalue weighted by Crippen LogP contribution is -2.29. The molecule has 0 saturated carbocycles. The molecule has 3 aromatic rings. The molecule has 0 aliphatic rings. The number of aromatic amines is 1. The maximum atomic E-state index is 13.0. The number of fused-ring (bicyclic) bond motifs is 1. The Balaban J connectivity index is 0.000000701. The van der Waals surface area contributed by atoms with Crippen molar-refractivity contribution in [2.24, 2.45) is 11.5 Å². The van der Waals surface area contributed by atoms with E-state index in [0.29, 0.717) is 18.6 Å². The van der Waals surface area contributed by atoms with Crippen LogP contribution in [0.1, 0.15) is 17.5 Å². The Morgan fingerprint density at radius 2 is 1.80 bits per heavy atom. The fraction of sp³-hybridized carbons (Fsp3) is 0.222. The maximum absolute atomic E-state index is 13.0. The molecule has 3 rings (SSSR count). The molecule has 1 aromatic heterocycles. The van der Waals surface area contributed by atoms with Crippen molar-refractivity contribution in [2.45, 2.75) is 6.92 Å². The number of carbonyl (C=O) groups is 1. The number of hydrogen-bond acceptors (Lipinski definition) is 4. The van der Waals surface area contributed by atoms with Crippen molar-refractivity contribution >= 4 is 16.9 Å². The molecule has 7 heteroatoms. The SMILES string of the molecule is CCN.NCCNC(=O)c1nc2ccc(-c3ccc(F)cc3)cc2[nH]1. The molecule has 2 aromatic carbocycles. The molecule has 0 bridgehead atoms. The van der Waals surface area contributed by atoms with Gasteiger partial charge in [-0.15, -0.1) is 0 Å². The zero-order valence-electron chi connectivity index (χ0n) is 14.1. The number of hydrogen-bond donors (Lipinski definition) is 4. The van der Waals surface area contributed by atoms with Gasteiger partial charge in [0.1, 0.15) is 5.82 Å². The van der Waals surface area contributed by atoms with Gasteiger partial charge >= 0.3 is 0 Å². The van der Waals surface area contributed by atoms with E-state index in [0.717, 1.165) is 23.2 Å². The summed E-state index contributed by atoms with van der Waals surface area (Å²) in [7, 11) is 0. The molecule has 1 amide bonds. The summed E-state index contributed by atoms with van der Waals surface area (Å²) < 4.78 is 13.0. The molecule has 0 fully saturated rings. The number of carbonyl (C=O) groups excluding carboxylic acids is 1. The van der Waals surface area contributed by atoms with E-state index in [1.807, 2.05) is 25.1 Å². The smallest absolute Gasteiger partial charge is 0.287 e. The van der Waals surface area contributed by atoms with E-state index < -0.39 is 0 Å². The molecule has 0 atom stereocenters. The van der Waals surface area contributed by atoms with E-state index in [1.54, 1.807) is 12.1 Å². The van der Waals surface area contributed by atoms with Crippen LogP contribution in [-0.2, 0) is 0 Å². The lowest BCUT2D eigenvalue weighted by molar-refractivity contribution is 0.0945. The molecule has 0 radical (unpaired) electrons. The number of nitrogens with zero attached hydrogens (tertiary/aromatic N) is 1. The van der Waals surface area contributed by atoms with Crippen LogP contribution in [0.25, 0.3) is 22.2 Å². The second kappa shape index (κ2) is 8.91. The van der Waals surface area contributed by atoms with E-state index >= 15 is 0 Å². The van der Waals surface area contributed by atoms with Crippen molar-refractivity contribution in [1.29, 1.82) is 0 Å². The van der Waals surface area contributed by atoms with Gasteiger partial charge in [-0.3, -0.25) is 4.79 Å². The Kier molecular flexibility index (Phi) is 6.62. The maximum Gasteiger partial charge on any atom is 0.287 e. The summed E-state index contributed by atoms with van der Waals surface area (Å²) in [6.45, 7) is 3.43. The van der Waals surface area contributed by atoms with Crippen molar-refractivity contribution < 1.29 is 9.18 Å². The summed E-state index contributed by atoms with van der Waals surface area (Å²) in [5.74, 6) is -0.310. The third-order valence-corrected chi connectivity index (χ3v) is 3.30. The van der Waals surface area contributed by atoms with E-state index in [1.165, 1.54) is 12.1 Å². The number of rotatable bonds is 4. The summed E-state index contributed by atoms with van der Waals surface area (Å²) in [5, 5.41) is 2.66. The van der Waals surface area contributed by atoms with Crippen LogP contribution in [-0.4, -0.2) is 35.5 Å². The summed E-state index contributed by atoms with van der Waals surface area (Å²) in [4.78, 5) is 19.1. The van der Waals surface area contributed by atoms with E-state index in [9.17, 15) is 9.18 Å². The average Bonchev–Trinajstić information content (AvgIpc) is 3.04. The quantitative estimate of drug-likeness (QED) is 0.581. The second-order valence-corrected chi connectivity index (χ2v) is 5.28. The van der Waals surface area contributed by atoms with Crippen LogP contribution in [0, 0.1) is 5.82 Å². The average molecular weight is 343 g/mol. The first kappa shape index (κ1) is 18.6. The molecule has 0 spiro atoms. The first-order valence-electron chi connectivity index (χ1n) is 8.03. The zero-order chi connectivity index (χ0) is 18.2. The fourth-order valence-corrected chi connectivity index (χ4v) is 2.21. The fourth-order valence-electron chi connectivity index (χ4n) is 2.21. The molecule has 0 saturated heterocycles. The Morgan fingerprint density at radius 3 is 2.44 bits per heavy atom. The highest BCUT2D eigenvalue weighted by atomic mass is 19.1. The highest BCUT2D eigenvalue weighted by molar-refractivity contribution is 5.94. The lowest BCUT2D eigenvalue weighted by atomic mass is 10.1. The van der Waals surface area contributed by atoms with Gasteiger partial charge in [-0.05, 0) is 41.9 Å². The monoisotopic (exact) mass is 343 g/mol. The number of nitrogens with two attached hydrogens (primary N) is 2. The predicted molar refractivity (Wildman–Crippen MR) is 97.6 cm³/mol. The topological polar surface area (TPSA) is 110 Å². The van der Waals surface area contributed by atoms with Crippen LogP contribution in [0.4, 0.5) is 4.39 Å². The second-order valence-electron chi connectivity index (χ2n) is 5.28. The molecule has 6 nitrogen and oxygen atoms in total. The van der Waals surface area contributed by atoms with Crippen molar-refractivity contribution in [3.05, 3.63) is 54.1 Å². The van der Waals surface area contributed by atoms with Gasteiger partial charge in [0.15, 0.2) is 5.82 Å². The van der Waals surface area contributed by atoms with Gasteiger partial charge in [0, 0.05) is 13.1 Å². The normalized spacial score (nSPS) is 10.2. The third-order valence-electron chi connectivity index (χ3n) is 3.30. The van der Waals surface area contributed by atoms with Gasteiger partial charge in [0.25, 0.3) is 5.91 Å². The molecular formula is C18H22FN5O. The molecular weight excluding hydrogens is 321 g/mol. The van der Waals surface area contributed by atoms with Crippen LogP contribution < -0.4 is 16.8 Å². The van der Waals surface area contributed by atoms with Crippen molar-refractivity contribution in [3.8, 4) is 11.1 Å². The highest BCUT2D eigenvalue weighted by Crippen LogP contribution is 2.23. The van der Waals surface area contributed by atoms with Gasteiger partial charge in [0.2, 0.25) is 0 Å². The first-order valence-corrected chi connectivity index (χ1v) is 8.03. The molecule has 0 aliphatic carbocycles. The minimum atomic E-state index is -0.287. The van der Waals surface area contributed by atoms with Crippen LogP contribution >= 0.6 is 0 Å². The predicted octanol–water partition coefficient (Wildman–Crippen LogP) is 2.02. The number of benzene rings is 2. The van der Waals surface area contributed by atoms with Gasteiger partial charge in [-0.2, -0.15) is 0 Å². The third kappa shape index (κ3) is 4.85. The number of amides is 1. The van der Waals surface area contributed by atoms with E-state index in [2.05, 4.69) is 15.3 Å². The van der Waals surface area contributed by atoms with Crippen LogP contribution in [0.2, 0.25) is 0 Å². The largest absolute Gasteiger partial charge is 0.348 e. The Morgan fingerprint density at radius 1 is 1.16 bits per heavy atom. The minimum Gasteiger partial charge on any atom is -0.348 e. The van der Waals surface area contributed by atoms with Crippen molar-refractivity contribution in [1.82, 2.24) is 15.3 Å². The van der Waals surface area contributed by atoms with Crippen LogP contribution in [0.15, 0.2) is 42.5 Å². The number of aromatic nitrogens is 2. The first-order chi connectivity index (χ1) is 12.1. The lowest BCUT2D eigenvalue weighted by Gasteiger charge is -2.01. The van der Waals surface area contributed by atoms with Gasteiger partial charge in [-0.25, -0.2) is 9.37 Å². The van der Waals surface area contributed by atoms with Crippen LogP contribution in [0.3, 0.4) is 0 Å². The Hall–Kier alpha value is -2.77. The summed E-state index contributed by atoms with van der Waals surface area (Å²) >= 11 is 0. The molecule has 0 aliphatic heterocycles. The van der Waals surface area contributed by atoms with Crippen molar-refractivity contribution in [3.63, 3.8) is 0 Å².